The van der Waals surface area contributed by atoms with Crippen LogP contribution in [0.1, 0.15) is 31.2 Å². The highest BCUT2D eigenvalue weighted by Gasteiger charge is 2.17. The maximum atomic E-state index is 5.84. The standard InChI is InChI=1S/C25H25N5O/c1-2-10-19(9-1)28-24-21-12-3-4-13-22(21)29-25(30-24)27-17-18-8-7-11-20(16-18)31-23-14-5-6-15-26-23/h3-8,11-16,19H,1-2,9-10,17H2,(H2,27,28,29,30). The van der Waals surface area contributed by atoms with Crippen molar-refractivity contribution >= 4 is 22.7 Å². The van der Waals surface area contributed by atoms with Gasteiger partial charge in [-0.1, -0.05) is 43.2 Å². The molecular weight excluding hydrogens is 386 g/mol. The molecule has 1 fully saturated rings. The normalized spacial score (nSPS) is 13.9. The van der Waals surface area contributed by atoms with Crippen LogP contribution in [-0.4, -0.2) is 21.0 Å². The predicted octanol–water partition coefficient (Wildman–Crippen LogP) is 5.78. The fourth-order valence-electron chi connectivity index (χ4n) is 3.96. The first kappa shape index (κ1) is 19.3. The average molecular weight is 412 g/mol. The van der Waals surface area contributed by atoms with Crippen LogP contribution in [0.2, 0.25) is 0 Å². The zero-order valence-electron chi connectivity index (χ0n) is 17.3. The van der Waals surface area contributed by atoms with E-state index in [9.17, 15) is 0 Å². The van der Waals surface area contributed by atoms with Gasteiger partial charge >= 0.3 is 0 Å². The molecule has 6 heteroatoms. The molecule has 1 aliphatic carbocycles. The third kappa shape index (κ3) is 4.74. The molecule has 0 aliphatic heterocycles. The first-order valence-corrected chi connectivity index (χ1v) is 10.8. The van der Waals surface area contributed by atoms with Crippen molar-refractivity contribution in [2.75, 3.05) is 10.6 Å². The van der Waals surface area contributed by atoms with Gasteiger partial charge in [0.15, 0.2) is 0 Å². The first-order valence-electron chi connectivity index (χ1n) is 10.8. The lowest BCUT2D eigenvalue weighted by Gasteiger charge is -2.16. The molecule has 0 atom stereocenters. The lowest BCUT2D eigenvalue weighted by molar-refractivity contribution is 0.462. The Labute approximate surface area is 181 Å². The number of pyridine rings is 1. The van der Waals surface area contributed by atoms with Crippen molar-refractivity contribution in [3.8, 4) is 11.6 Å². The van der Waals surface area contributed by atoms with E-state index in [-0.39, 0.29) is 0 Å². The number of fused-ring (bicyclic) bond motifs is 1. The lowest BCUT2D eigenvalue weighted by atomic mass is 10.2. The molecule has 4 aromatic rings. The summed E-state index contributed by atoms with van der Waals surface area (Å²) >= 11 is 0. The van der Waals surface area contributed by atoms with Gasteiger partial charge in [0.05, 0.1) is 5.52 Å². The minimum Gasteiger partial charge on any atom is -0.439 e. The summed E-state index contributed by atoms with van der Waals surface area (Å²) in [4.78, 5) is 13.7. The van der Waals surface area contributed by atoms with Crippen molar-refractivity contribution in [2.24, 2.45) is 0 Å². The Morgan fingerprint density at radius 2 is 1.77 bits per heavy atom. The summed E-state index contributed by atoms with van der Waals surface area (Å²) in [7, 11) is 0. The molecule has 1 saturated carbocycles. The van der Waals surface area contributed by atoms with E-state index in [2.05, 4.69) is 27.8 Å². The fourth-order valence-corrected chi connectivity index (χ4v) is 3.96. The molecule has 2 heterocycles. The zero-order valence-corrected chi connectivity index (χ0v) is 17.3. The Bertz CT molecular complexity index is 1160. The van der Waals surface area contributed by atoms with Gasteiger partial charge in [-0.05, 0) is 48.7 Å². The monoisotopic (exact) mass is 411 g/mol. The third-order valence-corrected chi connectivity index (χ3v) is 5.51. The van der Waals surface area contributed by atoms with E-state index in [4.69, 9.17) is 14.7 Å². The van der Waals surface area contributed by atoms with Crippen LogP contribution in [-0.2, 0) is 6.54 Å². The van der Waals surface area contributed by atoms with Gasteiger partial charge in [0.1, 0.15) is 11.6 Å². The molecule has 5 rings (SSSR count). The van der Waals surface area contributed by atoms with E-state index in [1.807, 2.05) is 54.6 Å². The number of hydrogen-bond donors (Lipinski definition) is 2. The molecule has 31 heavy (non-hydrogen) atoms. The van der Waals surface area contributed by atoms with Gasteiger partial charge in [0, 0.05) is 30.2 Å². The van der Waals surface area contributed by atoms with Crippen molar-refractivity contribution in [2.45, 2.75) is 38.3 Å². The van der Waals surface area contributed by atoms with Crippen LogP contribution in [0.25, 0.3) is 10.9 Å². The Morgan fingerprint density at radius 3 is 2.65 bits per heavy atom. The predicted molar refractivity (Wildman–Crippen MR) is 123 cm³/mol. The second-order valence-electron chi connectivity index (χ2n) is 7.81. The van der Waals surface area contributed by atoms with Crippen LogP contribution in [0.15, 0.2) is 72.9 Å². The van der Waals surface area contributed by atoms with Gasteiger partial charge in [-0.25, -0.2) is 9.97 Å². The second-order valence-corrected chi connectivity index (χ2v) is 7.81. The fraction of sp³-hybridized carbons (Fsp3) is 0.240. The molecule has 1 aliphatic rings. The molecule has 0 radical (unpaired) electrons. The van der Waals surface area contributed by atoms with Gasteiger partial charge in [0.25, 0.3) is 0 Å². The summed E-state index contributed by atoms with van der Waals surface area (Å²) in [5, 5.41) is 8.08. The average Bonchev–Trinajstić information content (AvgIpc) is 3.32. The molecule has 2 N–H and O–H groups in total. The summed E-state index contributed by atoms with van der Waals surface area (Å²) in [6.45, 7) is 0.598. The molecule has 6 nitrogen and oxygen atoms in total. The van der Waals surface area contributed by atoms with E-state index in [0.29, 0.717) is 24.4 Å². The van der Waals surface area contributed by atoms with Crippen molar-refractivity contribution < 1.29 is 4.74 Å². The number of rotatable bonds is 7. The number of hydrogen-bond acceptors (Lipinski definition) is 6. The van der Waals surface area contributed by atoms with Crippen LogP contribution >= 0.6 is 0 Å². The van der Waals surface area contributed by atoms with E-state index in [1.54, 1.807) is 6.20 Å². The lowest BCUT2D eigenvalue weighted by Crippen LogP contribution is -2.17. The zero-order chi connectivity index (χ0) is 20.9. The van der Waals surface area contributed by atoms with Crippen LogP contribution in [0.4, 0.5) is 11.8 Å². The second kappa shape index (κ2) is 9.00. The van der Waals surface area contributed by atoms with Crippen molar-refractivity contribution in [3.05, 3.63) is 78.5 Å². The Hall–Kier alpha value is -3.67. The van der Waals surface area contributed by atoms with Crippen LogP contribution in [0.3, 0.4) is 0 Å². The van der Waals surface area contributed by atoms with Gasteiger partial charge < -0.3 is 15.4 Å². The number of para-hydroxylation sites is 1. The highest BCUT2D eigenvalue weighted by atomic mass is 16.5. The topological polar surface area (TPSA) is 72.0 Å². The SMILES string of the molecule is c1ccc(Oc2cccc(CNc3nc(NC4CCCC4)c4ccccc4n3)c2)nc1. The van der Waals surface area contributed by atoms with Crippen molar-refractivity contribution in [1.82, 2.24) is 15.0 Å². The molecule has 0 unspecified atom stereocenters. The summed E-state index contributed by atoms with van der Waals surface area (Å²) in [6, 6.07) is 22.2. The highest BCUT2D eigenvalue weighted by molar-refractivity contribution is 5.90. The molecule has 2 aromatic heterocycles. The molecule has 0 saturated heterocycles. The summed E-state index contributed by atoms with van der Waals surface area (Å²) in [5.41, 5.74) is 2.02. The molecule has 2 aromatic carbocycles. The van der Waals surface area contributed by atoms with E-state index in [1.165, 1.54) is 25.7 Å². The maximum absolute atomic E-state index is 5.84. The number of benzene rings is 2. The molecular formula is C25H25N5O. The maximum Gasteiger partial charge on any atom is 0.225 e. The Morgan fingerprint density at radius 1 is 0.903 bits per heavy atom. The number of nitrogens with one attached hydrogen (secondary N) is 2. The minimum absolute atomic E-state index is 0.492. The van der Waals surface area contributed by atoms with Gasteiger partial charge in [0.2, 0.25) is 11.8 Å². The van der Waals surface area contributed by atoms with Crippen LogP contribution < -0.4 is 15.4 Å². The third-order valence-electron chi connectivity index (χ3n) is 5.51. The van der Waals surface area contributed by atoms with Gasteiger partial charge in [-0.15, -0.1) is 0 Å². The summed E-state index contributed by atoms with van der Waals surface area (Å²) in [6.07, 6.45) is 6.68. The summed E-state index contributed by atoms with van der Waals surface area (Å²) in [5.74, 6) is 2.86. The number of anilines is 2. The van der Waals surface area contributed by atoms with Crippen LogP contribution in [0.5, 0.6) is 11.6 Å². The largest absolute Gasteiger partial charge is 0.439 e. The van der Waals surface area contributed by atoms with Crippen LogP contribution in [0, 0.1) is 0 Å². The number of nitrogens with zero attached hydrogens (tertiary/aromatic N) is 3. The molecule has 0 spiro atoms. The number of ether oxygens (including phenoxy) is 1. The van der Waals surface area contributed by atoms with Crippen molar-refractivity contribution in [1.29, 1.82) is 0 Å². The minimum atomic E-state index is 0.492. The molecule has 0 amide bonds. The van der Waals surface area contributed by atoms with E-state index in [0.717, 1.165) is 28.0 Å². The Balaban J connectivity index is 1.33. The molecule has 156 valence electrons. The van der Waals surface area contributed by atoms with E-state index < -0.39 is 0 Å². The van der Waals surface area contributed by atoms with E-state index >= 15 is 0 Å². The smallest absolute Gasteiger partial charge is 0.225 e. The molecule has 0 bridgehead atoms. The summed E-state index contributed by atoms with van der Waals surface area (Å²) < 4.78 is 5.84. The Kier molecular flexibility index (Phi) is 5.60. The van der Waals surface area contributed by atoms with Gasteiger partial charge in [-0.3, -0.25) is 0 Å². The van der Waals surface area contributed by atoms with Gasteiger partial charge in [-0.2, -0.15) is 4.98 Å². The first-order chi connectivity index (χ1) is 15.3. The number of aromatic nitrogens is 3. The quantitative estimate of drug-likeness (QED) is 0.401. The highest BCUT2D eigenvalue weighted by Crippen LogP contribution is 2.27. The van der Waals surface area contributed by atoms with Crippen molar-refractivity contribution in [3.63, 3.8) is 0 Å².